The number of fused-ring (bicyclic) bond motifs is 14. The SMILES string of the molecule is C.C.Cc1cc(N(c2ccccc2)c2cccc3ccccc23)ccc1-c1ccc(N(c2ccccc2)c2cccc3ccccc23)cc1C.c1ccc(N(c2ccc3c(c2)C2(c4ccccc4-c4ccccc42)c2cc(N(c4ccccc4)c4cccc5ccccc45)ccc2-3)c2cccc3ccccc23)cc1. The van der Waals surface area contributed by atoms with Crippen LogP contribution in [-0.2, 0) is 5.41 Å². The average molecular weight is 1400 g/mol. The molecule has 0 aliphatic heterocycles. The smallest absolute Gasteiger partial charge is 0.0727 e. The van der Waals surface area contributed by atoms with E-state index in [-0.39, 0.29) is 14.9 Å². The molecule has 1 spiro atoms. The van der Waals surface area contributed by atoms with Crippen molar-refractivity contribution in [3.8, 4) is 33.4 Å². The van der Waals surface area contributed by atoms with E-state index in [9.17, 15) is 0 Å². The van der Waals surface area contributed by atoms with E-state index in [0.717, 1.165) is 56.9 Å². The van der Waals surface area contributed by atoms with Crippen LogP contribution in [0, 0.1) is 13.8 Å². The molecule has 2 aliphatic rings. The Bertz CT molecular complexity index is 5980. The fourth-order valence-corrected chi connectivity index (χ4v) is 17.2. The molecule has 0 bridgehead atoms. The zero-order valence-corrected chi connectivity index (χ0v) is 59.5. The fraction of sp³-hybridized carbons (Fsp3) is 0.0476. The molecule has 522 valence electrons. The molecular formula is C105H82N4. The first kappa shape index (κ1) is 68.3. The van der Waals surface area contributed by atoms with Crippen LogP contribution >= 0.6 is 0 Å². The largest absolute Gasteiger partial charge is 0.310 e. The molecule has 18 aromatic carbocycles. The van der Waals surface area contributed by atoms with Crippen LogP contribution in [0.25, 0.3) is 76.5 Å². The first-order chi connectivity index (χ1) is 52.9. The quantitative estimate of drug-likeness (QED) is 0.114. The van der Waals surface area contributed by atoms with Crippen LogP contribution in [0.15, 0.2) is 413 Å². The van der Waals surface area contributed by atoms with Crippen LogP contribution in [0.2, 0.25) is 0 Å². The first-order valence-electron chi connectivity index (χ1n) is 37.0. The van der Waals surface area contributed by atoms with E-state index >= 15 is 0 Å². The summed E-state index contributed by atoms with van der Waals surface area (Å²) in [6.45, 7) is 4.45. The molecule has 0 atom stereocenters. The summed E-state index contributed by atoms with van der Waals surface area (Å²) in [5.41, 5.74) is 28.5. The second kappa shape index (κ2) is 28.9. The van der Waals surface area contributed by atoms with Gasteiger partial charge in [0.2, 0.25) is 0 Å². The third kappa shape index (κ3) is 11.8. The number of aryl methyl sites for hydroxylation is 2. The molecule has 4 heteroatoms. The molecule has 0 aromatic heterocycles. The Balaban J connectivity index is 0.000000160. The molecule has 0 amide bonds. The predicted octanol–water partition coefficient (Wildman–Crippen LogP) is 29.8. The zero-order chi connectivity index (χ0) is 71.4. The van der Waals surface area contributed by atoms with Gasteiger partial charge in [0.25, 0.3) is 0 Å². The molecule has 0 fully saturated rings. The van der Waals surface area contributed by atoms with Gasteiger partial charge in [-0.15, -0.1) is 0 Å². The van der Waals surface area contributed by atoms with Crippen molar-refractivity contribution in [1.29, 1.82) is 0 Å². The van der Waals surface area contributed by atoms with Crippen LogP contribution in [0.3, 0.4) is 0 Å². The summed E-state index contributed by atoms with van der Waals surface area (Å²) in [4.78, 5) is 9.62. The number of benzene rings is 18. The van der Waals surface area contributed by atoms with Gasteiger partial charge in [0.1, 0.15) is 0 Å². The van der Waals surface area contributed by atoms with Crippen molar-refractivity contribution in [2.24, 2.45) is 0 Å². The lowest BCUT2D eigenvalue weighted by Crippen LogP contribution is -2.26. The summed E-state index contributed by atoms with van der Waals surface area (Å²) in [6, 6.07) is 150. The molecule has 109 heavy (non-hydrogen) atoms. The van der Waals surface area contributed by atoms with Crippen LogP contribution < -0.4 is 19.6 Å². The van der Waals surface area contributed by atoms with Gasteiger partial charge in [0.15, 0.2) is 0 Å². The topological polar surface area (TPSA) is 13.0 Å². The number of hydrogen-bond donors (Lipinski definition) is 0. The van der Waals surface area contributed by atoms with Gasteiger partial charge >= 0.3 is 0 Å². The highest BCUT2D eigenvalue weighted by Crippen LogP contribution is 2.64. The second-order valence-corrected chi connectivity index (χ2v) is 28.0. The Morgan fingerprint density at radius 1 is 0.174 bits per heavy atom. The van der Waals surface area contributed by atoms with Gasteiger partial charge in [-0.05, 0) is 223 Å². The minimum absolute atomic E-state index is 0. The number of hydrogen-bond acceptors (Lipinski definition) is 4. The minimum atomic E-state index is -0.550. The minimum Gasteiger partial charge on any atom is -0.310 e. The highest BCUT2D eigenvalue weighted by Gasteiger charge is 2.52. The van der Waals surface area contributed by atoms with Crippen molar-refractivity contribution in [1.82, 2.24) is 0 Å². The Labute approximate surface area is 640 Å². The van der Waals surface area contributed by atoms with Gasteiger partial charge in [-0.25, -0.2) is 0 Å². The number of para-hydroxylation sites is 4. The third-order valence-electron chi connectivity index (χ3n) is 21.9. The van der Waals surface area contributed by atoms with Gasteiger partial charge in [0, 0.05) is 67.0 Å². The normalized spacial score (nSPS) is 11.9. The number of anilines is 12. The van der Waals surface area contributed by atoms with E-state index < -0.39 is 5.41 Å². The monoisotopic (exact) mass is 1400 g/mol. The highest BCUT2D eigenvalue weighted by molar-refractivity contribution is 6.05. The van der Waals surface area contributed by atoms with Gasteiger partial charge in [0.05, 0.1) is 28.2 Å². The maximum atomic E-state index is 2.49. The summed E-state index contributed by atoms with van der Waals surface area (Å²) >= 11 is 0. The lowest BCUT2D eigenvalue weighted by Gasteiger charge is -2.33. The standard InChI is InChI=1S/C57H38N2.C46H36N2.2CH4/c1-3-21-41(22-4-1)58(55-31-15-19-39-17-7-9-25-45(39)55)43-33-35-49-50-36-34-44(59(42-23-5-2-6-24-42)56-32-16-20-40-18-8-10-26-46(40)56)38-54(50)57(53(49)37-43)51-29-13-11-27-47(51)48-28-12-14-30-52(48)57;1-33-31-39(47(37-19-5-3-6-20-37)45-25-13-17-35-15-9-11-23-43(35)45)27-29-41(33)42-30-28-40(32-34(42)2)48(38-21-7-4-8-22-38)46-26-14-18-36-16-10-12-24-44(36)46;;/h1-38H;3-32H,1-2H3;2*1H4. The van der Waals surface area contributed by atoms with Crippen molar-refractivity contribution < 1.29 is 0 Å². The van der Waals surface area contributed by atoms with Gasteiger partial charge < -0.3 is 19.6 Å². The first-order valence-corrected chi connectivity index (χ1v) is 37.0. The van der Waals surface area contributed by atoms with Crippen molar-refractivity contribution in [2.45, 2.75) is 34.1 Å². The van der Waals surface area contributed by atoms with E-state index in [4.69, 9.17) is 0 Å². The molecule has 20 rings (SSSR count). The molecule has 0 N–H and O–H groups in total. The molecule has 0 unspecified atom stereocenters. The van der Waals surface area contributed by atoms with E-state index in [0.29, 0.717) is 0 Å². The van der Waals surface area contributed by atoms with E-state index in [1.807, 2.05) is 0 Å². The second-order valence-electron chi connectivity index (χ2n) is 28.0. The van der Waals surface area contributed by atoms with Crippen LogP contribution in [0.5, 0.6) is 0 Å². The maximum Gasteiger partial charge on any atom is 0.0727 e. The Kier molecular flexibility index (Phi) is 18.1. The van der Waals surface area contributed by atoms with E-state index in [1.54, 1.807) is 0 Å². The fourth-order valence-electron chi connectivity index (χ4n) is 17.2. The van der Waals surface area contributed by atoms with Crippen LogP contribution in [0.4, 0.5) is 68.2 Å². The van der Waals surface area contributed by atoms with Crippen molar-refractivity contribution in [3.63, 3.8) is 0 Å². The third-order valence-corrected chi connectivity index (χ3v) is 21.9. The average Bonchev–Trinajstić information content (AvgIpc) is 1.51. The van der Waals surface area contributed by atoms with Crippen LogP contribution in [0.1, 0.15) is 48.2 Å². The molecule has 0 radical (unpaired) electrons. The van der Waals surface area contributed by atoms with Gasteiger partial charge in [-0.2, -0.15) is 0 Å². The van der Waals surface area contributed by atoms with E-state index in [1.165, 1.54) is 121 Å². The summed E-state index contributed by atoms with van der Waals surface area (Å²) in [6.07, 6.45) is 0. The lowest BCUT2D eigenvalue weighted by atomic mass is 9.70. The number of rotatable bonds is 13. The maximum absolute atomic E-state index is 2.49. The Hall–Kier alpha value is -13.8. The summed E-state index contributed by atoms with van der Waals surface area (Å²) in [5.74, 6) is 0. The van der Waals surface area contributed by atoms with E-state index in [2.05, 4.69) is 446 Å². The summed E-state index contributed by atoms with van der Waals surface area (Å²) in [5, 5.41) is 9.78. The van der Waals surface area contributed by atoms with Crippen LogP contribution in [-0.4, -0.2) is 0 Å². The Morgan fingerprint density at radius 3 is 0.697 bits per heavy atom. The molecule has 0 heterocycles. The lowest BCUT2D eigenvalue weighted by molar-refractivity contribution is 0.793. The molecule has 0 saturated heterocycles. The van der Waals surface area contributed by atoms with Gasteiger partial charge in [-0.3, -0.25) is 0 Å². The molecule has 4 nitrogen and oxygen atoms in total. The van der Waals surface area contributed by atoms with Crippen molar-refractivity contribution in [2.75, 3.05) is 19.6 Å². The summed E-state index contributed by atoms with van der Waals surface area (Å²) in [7, 11) is 0. The molecular weight excluding hydrogens is 1320 g/mol. The van der Waals surface area contributed by atoms with Crippen molar-refractivity contribution in [3.05, 3.63) is 446 Å². The molecule has 2 aliphatic carbocycles. The summed E-state index contributed by atoms with van der Waals surface area (Å²) < 4.78 is 0. The van der Waals surface area contributed by atoms with Crippen molar-refractivity contribution >= 4 is 111 Å². The number of nitrogens with zero attached hydrogens (tertiary/aromatic N) is 4. The Morgan fingerprint density at radius 2 is 0.404 bits per heavy atom. The zero-order valence-electron chi connectivity index (χ0n) is 59.5. The predicted molar refractivity (Wildman–Crippen MR) is 466 cm³/mol. The molecule has 0 saturated carbocycles. The van der Waals surface area contributed by atoms with Gasteiger partial charge in [-0.1, -0.05) is 306 Å². The molecule has 18 aromatic rings. The highest BCUT2D eigenvalue weighted by atomic mass is 15.2.